The maximum Gasteiger partial charge on any atom is 0.195 e. The number of aromatic amines is 1. The minimum Gasteiger partial charge on any atom is -0.496 e. The van der Waals surface area contributed by atoms with E-state index in [9.17, 15) is 9.18 Å². The topological polar surface area (TPSA) is 42.1 Å². The van der Waals surface area contributed by atoms with Crippen molar-refractivity contribution in [2.75, 3.05) is 7.11 Å². The number of hydrogen-bond donors (Lipinski definition) is 1. The molecule has 0 spiro atoms. The Labute approximate surface area is 128 Å². The average Bonchev–Trinajstić information content (AvgIpc) is 2.89. The summed E-state index contributed by atoms with van der Waals surface area (Å²) < 4.78 is 19.3. The van der Waals surface area contributed by atoms with Crippen molar-refractivity contribution < 1.29 is 13.9 Å². The largest absolute Gasteiger partial charge is 0.496 e. The number of nitrogens with one attached hydrogen (secondary N) is 1. The van der Waals surface area contributed by atoms with E-state index in [0.717, 1.165) is 5.52 Å². The molecule has 2 aromatic carbocycles. The van der Waals surface area contributed by atoms with Crippen LogP contribution in [0.1, 0.15) is 15.9 Å². The SMILES string of the molecule is COc1cccc2[nH]cc(C(=O)c3cc(F)cc(Br)c3)c12. The van der Waals surface area contributed by atoms with E-state index < -0.39 is 5.82 Å². The molecule has 1 aromatic heterocycles. The smallest absolute Gasteiger partial charge is 0.195 e. The van der Waals surface area contributed by atoms with E-state index in [1.165, 1.54) is 12.1 Å². The van der Waals surface area contributed by atoms with E-state index in [1.807, 2.05) is 12.1 Å². The van der Waals surface area contributed by atoms with Crippen molar-refractivity contribution in [2.45, 2.75) is 0 Å². The molecule has 1 heterocycles. The Morgan fingerprint density at radius 2 is 2.10 bits per heavy atom. The fourth-order valence-electron chi connectivity index (χ4n) is 2.34. The lowest BCUT2D eigenvalue weighted by Crippen LogP contribution is -2.01. The van der Waals surface area contributed by atoms with Gasteiger partial charge in [-0.3, -0.25) is 4.79 Å². The molecule has 106 valence electrons. The number of rotatable bonds is 3. The number of halogens is 2. The molecule has 3 rings (SSSR count). The molecule has 21 heavy (non-hydrogen) atoms. The zero-order chi connectivity index (χ0) is 15.0. The van der Waals surface area contributed by atoms with Crippen molar-refractivity contribution in [2.24, 2.45) is 0 Å². The highest BCUT2D eigenvalue weighted by Crippen LogP contribution is 2.30. The molecule has 1 N–H and O–H groups in total. The van der Waals surface area contributed by atoms with Crippen LogP contribution in [0.15, 0.2) is 47.1 Å². The lowest BCUT2D eigenvalue weighted by molar-refractivity contribution is 0.103. The zero-order valence-electron chi connectivity index (χ0n) is 11.1. The summed E-state index contributed by atoms with van der Waals surface area (Å²) in [4.78, 5) is 15.7. The summed E-state index contributed by atoms with van der Waals surface area (Å²) in [6.07, 6.45) is 1.62. The average molecular weight is 348 g/mol. The number of hydrogen-bond acceptors (Lipinski definition) is 2. The van der Waals surface area contributed by atoms with Crippen LogP contribution in [0.4, 0.5) is 4.39 Å². The monoisotopic (exact) mass is 347 g/mol. The maximum absolute atomic E-state index is 13.5. The predicted molar refractivity (Wildman–Crippen MR) is 82.4 cm³/mol. The van der Waals surface area contributed by atoms with Crippen LogP contribution in [0, 0.1) is 5.82 Å². The molecule has 0 atom stereocenters. The van der Waals surface area contributed by atoms with Crippen LogP contribution in [0.25, 0.3) is 10.9 Å². The number of carbonyl (C=O) groups is 1. The van der Waals surface area contributed by atoms with Crippen LogP contribution < -0.4 is 4.74 Å². The van der Waals surface area contributed by atoms with Crippen molar-refractivity contribution in [3.8, 4) is 5.75 Å². The number of ether oxygens (including phenoxy) is 1. The molecule has 0 saturated carbocycles. The summed E-state index contributed by atoms with van der Waals surface area (Å²) in [6.45, 7) is 0. The molecule has 3 aromatic rings. The van der Waals surface area contributed by atoms with Crippen LogP contribution in [0.5, 0.6) is 5.75 Å². The third-order valence-electron chi connectivity index (χ3n) is 3.26. The molecule has 0 fully saturated rings. The van der Waals surface area contributed by atoms with E-state index in [1.54, 1.807) is 25.4 Å². The minimum absolute atomic E-state index is 0.258. The summed E-state index contributed by atoms with van der Waals surface area (Å²) in [5.74, 6) is -0.113. The molecule has 0 aliphatic rings. The first-order valence-electron chi connectivity index (χ1n) is 6.25. The lowest BCUT2D eigenvalue weighted by Gasteiger charge is -2.05. The molecule has 0 unspecified atom stereocenters. The van der Waals surface area contributed by atoms with Crippen LogP contribution >= 0.6 is 15.9 Å². The second-order valence-electron chi connectivity index (χ2n) is 4.57. The Hall–Kier alpha value is -2.14. The van der Waals surface area contributed by atoms with Gasteiger partial charge in [-0.2, -0.15) is 0 Å². The highest BCUT2D eigenvalue weighted by Gasteiger charge is 2.18. The number of fused-ring (bicyclic) bond motifs is 1. The Morgan fingerprint density at radius 1 is 1.29 bits per heavy atom. The number of methoxy groups -OCH3 is 1. The normalized spacial score (nSPS) is 10.8. The molecule has 0 aliphatic heterocycles. The summed E-state index contributed by atoms with van der Waals surface area (Å²) in [5, 5.41) is 0.699. The van der Waals surface area contributed by atoms with Gasteiger partial charge in [-0.05, 0) is 30.3 Å². The van der Waals surface area contributed by atoms with Gasteiger partial charge < -0.3 is 9.72 Å². The number of H-pyrrole nitrogens is 1. The van der Waals surface area contributed by atoms with E-state index in [0.29, 0.717) is 21.2 Å². The van der Waals surface area contributed by atoms with Gasteiger partial charge in [0.25, 0.3) is 0 Å². The first-order chi connectivity index (χ1) is 10.1. The van der Waals surface area contributed by atoms with E-state index >= 15 is 0 Å². The van der Waals surface area contributed by atoms with Crippen LogP contribution in [0.3, 0.4) is 0 Å². The summed E-state index contributed by atoms with van der Waals surface area (Å²) in [7, 11) is 1.55. The Morgan fingerprint density at radius 3 is 2.81 bits per heavy atom. The maximum atomic E-state index is 13.5. The van der Waals surface area contributed by atoms with Gasteiger partial charge in [-0.15, -0.1) is 0 Å². The van der Waals surface area contributed by atoms with Gasteiger partial charge in [0.1, 0.15) is 11.6 Å². The van der Waals surface area contributed by atoms with Gasteiger partial charge in [0, 0.05) is 21.7 Å². The zero-order valence-corrected chi connectivity index (χ0v) is 12.7. The van der Waals surface area contributed by atoms with Gasteiger partial charge in [-0.25, -0.2) is 4.39 Å². The Balaban J connectivity index is 2.18. The third-order valence-corrected chi connectivity index (χ3v) is 3.71. The minimum atomic E-state index is -0.459. The van der Waals surface area contributed by atoms with Crippen molar-refractivity contribution in [3.05, 3.63) is 64.0 Å². The molecule has 0 aliphatic carbocycles. The first kappa shape index (κ1) is 13.8. The number of aromatic nitrogens is 1. The fraction of sp³-hybridized carbons (Fsp3) is 0.0625. The second-order valence-corrected chi connectivity index (χ2v) is 5.49. The molecule has 0 radical (unpaired) electrons. The van der Waals surface area contributed by atoms with Gasteiger partial charge in [0.15, 0.2) is 5.78 Å². The standard InChI is InChI=1S/C16H11BrFNO2/c1-21-14-4-2-3-13-15(14)12(8-19-13)16(20)9-5-10(17)7-11(18)6-9/h2-8,19H,1H3. The van der Waals surface area contributed by atoms with Gasteiger partial charge >= 0.3 is 0 Å². The molecule has 0 saturated heterocycles. The van der Waals surface area contributed by atoms with Gasteiger partial charge in [0.2, 0.25) is 0 Å². The molecule has 5 heteroatoms. The molecular weight excluding hydrogens is 337 g/mol. The van der Waals surface area contributed by atoms with Crippen molar-refractivity contribution >= 4 is 32.6 Å². The highest BCUT2D eigenvalue weighted by atomic mass is 79.9. The van der Waals surface area contributed by atoms with Crippen molar-refractivity contribution in [3.63, 3.8) is 0 Å². The summed E-state index contributed by atoms with van der Waals surface area (Å²) in [6, 6.07) is 9.61. The van der Waals surface area contributed by atoms with Crippen LogP contribution in [-0.4, -0.2) is 17.9 Å². The van der Waals surface area contributed by atoms with Crippen LogP contribution in [-0.2, 0) is 0 Å². The Kier molecular flexibility index (Phi) is 3.51. The fourth-order valence-corrected chi connectivity index (χ4v) is 2.81. The summed E-state index contributed by atoms with van der Waals surface area (Å²) >= 11 is 3.20. The van der Waals surface area contributed by atoms with Crippen molar-refractivity contribution in [1.29, 1.82) is 0 Å². The van der Waals surface area contributed by atoms with E-state index in [4.69, 9.17) is 4.74 Å². The van der Waals surface area contributed by atoms with E-state index in [2.05, 4.69) is 20.9 Å². The van der Waals surface area contributed by atoms with E-state index in [-0.39, 0.29) is 11.3 Å². The first-order valence-corrected chi connectivity index (χ1v) is 7.04. The highest BCUT2D eigenvalue weighted by molar-refractivity contribution is 9.10. The van der Waals surface area contributed by atoms with Crippen LogP contribution in [0.2, 0.25) is 0 Å². The summed E-state index contributed by atoms with van der Waals surface area (Å²) in [5.41, 5.74) is 1.54. The molecule has 3 nitrogen and oxygen atoms in total. The van der Waals surface area contributed by atoms with Gasteiger partial charge in [0.05, 0.1) is 18.1 Å². The number of benzene rings is 2. The lowest BCUT2D eigenvalue weighted by atomic mass is 10.0. The Bertz CT molecular complexity index is 821. The molecular formula is C16H11BrFNO2. The third kappa shape index (κ3) is 2.45. The predicted octanol–water partition coefficient (Wildman–Crippen LogP) is 4.31. The number of ketones is 1. The van der Waals surface area contributed by atoms with Gasteiger partial charge in [-0.1, -0.05) is 22.0 Å². The number of carbonyl (C=O) groups excluding carboxylic acids is 1. The second kappa shape index (κ2) is 5.33. The molecule has 0 amide bonds. The van der Waals surface area contributed by atoms with Crippen molar-refractivity contribution in [1.82, 2.24) is 4.98 Å². The quantitative estimate of drug-likeness (QED) is 0.717. The molecule has 0 bridgehead atoms.